The number of carbonyl (C=O) groups is 1. The Balaban J connectivity index is 0. The van der Waals surface area contributed by atoms with E-state index in [2.05, 4.69) is 13.8 Å². The first-order valence-electron chi connectivity index (χ1n) is 10.6. The monoisotopic (exact) mass is 342 g/mol. The maximum atomic E-state index is 10.2. The first-order chi connectivity index (χ1) is 11.7. The van der Waals surface area contributed by atoms with Crippen LogP contribution in [0.25, 0.3) is 0 Å². The van der Waals surface area contributed by atoms with Gasteiger partial charge in [0.15, 0.2) is 0 Å². The lowest BCUT2D eigenvalue weighted by molar-refractivity contribution is -0.143. The molecule has 0 aromatic carbocycles. The molecule has 0 saturated carbocycles. The molecule has 0 unspecified atom stereocenters. The van der Waals surface area contributed by atoms with E-state index in [-0.39, 0.29) is 6.42 Å². The van der Waals surface area contributed by atoms with E-state index in [0.29, 0.717) is 0 Å². The second-order valence-corrected chi connectivity index (χ2v) is 6.86. The summed E-state index contributed by atoms with van der Waals surface area (Å²) in [6.07, 6.45) is 21.0. The molecule has 0 aliphatic rings. The van der Waals surface area contributed by atoms with Gasteiger partial charge in [0.1, 0.15) is 0 Å². The third-order valence-electron chi connectivity index (χ3n) is 4.27. The van der Waals surface area contributed by atoms with Crippen LogP contribution in [-0.2, 0) is 9.90 Å². The Labute approximate surface area is 151 Å². The van der Waals surface area contributed by atoms with Crippen LogP contribution in [0.3, 0.4) is 0 Å². The normalized spacial score (nSPS) is 10.3. The summed E-state index contributed by atoms with van der Waals surface area (Å²) in [4.78, 5) is 10.2. The number of carbonyl (C=O) groups excluding carboxylic acids is 1. The van der Waals surface area contributed by atoms with Crippen molar-refractivity contribution >= 4 is 5.97 Å². The maximum absolute atomic E-state index is 10.2. The Kier molecular flexibility index (Phi) is 26.4. The molecule has 3 nitrogen and oxygen atoms in total. The number of rotatable bonds is 17. The third kappa shape index (κ3) is 29.4. The highest BCUT2D eigenvalue weighted by Crippen LogP contribution is 2.13. The van der Waals surface area contributed by atoms with Gasteiger partial charge >= 0.3 is 5.97 Å². The molecule has 0 aromatic heterocycles. The van der Waals surface area contributed by atoms with E-state index < -0.39 is 5.97 Å². The zero-order valence-electron chi connectivity index (χ0n) is 16.6. The summed E-state index contributed by atoms with van der Waals surface area (Å²) >= 11 is 0. The predicted octanol–water partition coefficient (Wildman–Crippen LogP) is 6.56. The molecular formula is C21H44NO2. The fourth-order valence-electron chi connectivity index (χ4n) is 2.64. The highest BCUT2D eigenvalue weighted by molar-refractivity contribution is 5.66. The lowest BCUT2D eigenvalue weighted by Crippen LogP contribution is -1.93. The number of unbranched alkanes of at least 4 members (excludes halogenated alkanes) is 14. The van der Waals surface area contributed by atoms with E-state index >= 15 is 0 Å². The fraction of sp³-hybridized carbons (Fsp3) is 0.952. The van der Waals surface area contributed by atoms with Crippen LogP contribution in [0.1, 0.15) is 123 Å². The minimum absolute atomic E-state index is 0.234. The Hall–Kier alpha value is -0.570. The number of nitrogens with two attached hydrogens (primary N) is 1. The van der Waals surface area contributed by atoms with Crippen molar-refractivity contribution in [1.82, 2.24) is 0 Å². The molecule has 24 heavy (non-hydrogen) atoms. The van der Waals surface area contributed by atoms with Crippen LogP contribution in [0.2, 0.25) is 0 Å². The molecule has 2 N–H and O–H groups in total. The Bertz CT molecular complexity index is 230. The van der Waals surface area contributed by atoms with E-state index in [1.807, 2.05) is 0 Å². The van der Waals surface area contributed by atoms with Gasteiger partial charge in [-0.3, -0.25) is 0 Å². The van der Waals surface area contributed by atoms with Crippen molar-refractivity contribution in [2.24, 2.45) is 5.73 Å². The molecule has 0 saturated heterocycles. The zero-order chi connectivity index (χ0) is 18.3. The molecule has 145 valence electrons. The summed E-state index contributed by atoms with van der Waals surface area (Å²) < 4.78 is 0. The van der Waals surface area contributed by atoms with Gasteiger partial charge in [-0.15, -0.1) is 0 Å². The van der Waals surface area contributed by atoms with E-state index in [0.717, 1.165) is 25.8 Å². The van der Waals surface area contributed by atoms with Crippen molar-refractivity contribution < 1.29 is 9.90 Å². The van der Waals surface area contributed by atoms with Gasteiger partial charge in [-0.2, -0.15) is 0 Å². The molecule has 1 radical (unpaired) electrons. The Morgan fingerprint density at radius 1 is 0.583 bits per heavy atom. The Morgan fingerprint density at radius 3 is 1.12 bits per heavy atom. The van der Waals surface area contributed by atoms with Gasteiger partial charge in [0.05, 0.1) is 6.42 Å². The van der Waals surface area contributed by atoms with Crippen LogP contribution < -0.4 is 5.73 Å². The van der Waals surface area contributed by atoms with Crippen LogP contribution in [0.5, 0.6) is 0 Å². The molecule has 0 rings (SSSR count). The largest absolute Gasteiger partial charge is 0.355 e. The molecule has 0 heterocycles. The predicted molar refractivity (Wildman–Crippen MR) is 105 cm³/mol. The second-order valence-electron chi connectivity index (χ2n) is 6.86. The van der Waals surface area contributed by atoms with Crippen LogP contribution >= 0.6 is 0 Å². The van der Waals surface area contributed by atoms with Crippen molar-refractivity contribution in [3.63, 3.8) is 0 Å². The van der Waals surface area contributed by atoms with Gasteiger partial charge in [-0.1, -0.05) is 104 Å². The fourth-order valence-corrected chi connectivity index (χ4v) is 2.64. The van der Waals surface area contributed by atoms with Gasteiger partial charge in [0, 0.05) is 0 Å². The smallest absolute Gasteiger partial charge is 0.330 e. The van der Waals surface area contributed by atoms with E-state index in [9.17, 15) is 9.90 Å². The lowest BCUT2D eigenvalue weighted by atomic mass is 10.0. The molecule has 0 fully saturated rings. The van der Waals surface area contributed by atoms with E-state index in [4.69, 9.17) is 5.73 Å². The molecule has 0 aliphatic carbocycles. The van der Waals surface area contributed by atoms with Crippen molar-refractivity contribution in [2.75, 3.05) is 6.54 Å². The van der Waals surface area contributed by atoms with Gasteiger partial charge in [0.2, 0.25) is 0 Å². The molecule has 0 atom stereocenters. The Morgan fingerprint density at radius 2 is 0.875 bits per heavy atom. The van der Waals surface area contributed by atoms with Crippen LogP contribution in [0.4, 0.5) is 0 Å². The van der Waals surface area contributed by atoms with Gasteiger partial charge < -0.3 is 5.73 Å². The lowest BCUT2D eigenvalue weighted by Gasteiger charge is -2.03. The van der Waals surface area contributed by atoms with Crippen LogP contribution in [0.15, 0.2) is 0 Å². The van der Waals surface area contributed by atoms with Gasteiger partial charge in [0.25, 0.3) is 0 Å². The van der Waals surface area contributed by atoms with Crippen molar-refractivity contribution in [2.45, 2.75) is 123 Å². The molecular weight excluding hydrogens is 298 g/mol. The minimum Gasteiger partial charge on any atom is -0.330 e. The second kappa shape index (κ2) is 24.7. The average Bonchev–Trinajstić information content (AvgIpc) is 2.58. The van der Waals surface area contributed by atoms with E-state index in [1.165, 1.54) is 83.5 Å². The first-order valence-corrected chi connectivity index (χ1v) is 10.6. The SMILES string of the molecule is CCCCCCCCCCCCCCCCCC([O])=O.CCCN. The number of hydrogen-bond donors (Lipinski definition) is 1. The molecule has 0 bridgehead atoms. The summed E-state index contributed by atoms with van der Waals surface area (Å²) in [5.74, 6) is -0.903. The van der Waals surface area contributed by atoms with Crippen LogP contribution in [-0.4, -0.2) is 12.5 Å². The first kappa shape index (κ1) is 25.7. The molecule has 0 spiro atoms. The summed E-state index contributed by atoms with van der Waals surface area (Å²) in [6.45, 7) is 5.14. The molecule has 3 heteroatoms. The standard InChI is InChI=1S/C18H35O2.C3H9N/c1-2-3-4-5-6-7-8-9-10-11-12-13-14-15-16-17-18(19)20;1-2-3-4/h2-17H2,1H3;2-4H2,1H3. The average molecular weight is 343 g/mol. The summed E-state index contributed by atoms with van der Waals surface area (Å²) in [7, 11) is 0. The highest BCUT2D eigenvalue weighted by Gasteiger charge is 1.98. The zero-order valence-corrected chi connectivity index (χ0v) is 16.6. The van der Waals surface area contributed by atoms with Gasteiger partial charge in [-0.25, -0.2) is 9.90 Å². The molecule has 0 aliphatic heterocycles. The minimum atomic E-state index is -0.903. The summed E-state index contributed by atoms with van der Waals surface area (Å²) in [5.41, 5.74) is 5.03. The van der Waals surface area contributed by atoms with Crippen molar-refractivity contribution in [3.8, 4) is 0 Å². The highest BCUT2D eigenvalue weighted by atomic mass is 16.4. The molecule has 0 amide bonds. The molecule has 0 aromatic rings. The van der Waals surface area contributed by atoms with Crippen LogP contribution in [0, 0.1) is 0 Å². The van der Waals surface area contributed by atoms with Gasteiger partial charge in [-0.05, 0) is 19.4 Å². The summed E-state index contributed by atoms with van der Waals surface area (Å²) in [5, 5.41) is 10.2. The van der Waals surface area contributed by atoms with E-state index in [1.54, 1.807) is 0 Å². The number of hydrogen-bond acceptors (Lipinski definition) is 2. The third-order valence-corrected chi connectivity index (χ3v) is 4.27. The van der Waals surface area contributed by atoms with Crippen molar-refractivity contribution in [3.05, 3.63) is 0 Å². The topological polar surface area (TPSA) is 63.0 Å². The quantitative estimate of drug-likeness (QED) is 0.304. The maximum Gasteiger partial charge on any atom is 0.355 e. The van der Waals surface area contributed by atoms with Crippen molar-refractivity contribution in [1.29, 1.82) is 0 Å². The summed E-state index contributed by atoms with van der Waals surface area (Å²) in [6, 6.07) is 0.